The second-order valence-corrected chi connectivity index (χ2v) is 6.24. The molecule has 136 valence electrons. The van der Waals surface area contributed by atoms with Crippen LogP contribution in [0.15, 0.2) is 33.9 Å². The van der Waals surface area contributed by atoms with Crippen LogP contribution < -0.4 is 21.9 Å². The zero-order valence-electron chi connectivity index (χ0n) is 15.2. The number of amides is 1. The van der Waals surface area contributed by atoms with Crippen molar-refractivity contribution < 1.29 is 4.79 Å². The normalized spacial score (nSPS) is 10.5. The molecule has 0 aliphatic carbocycles. The standard InChI is InChI=1S/C18H21N5O3/c1-11(2)16(24)21-13-7-5-6-12(8-13)10-20-15-14(9-19)17(25)23(4)18(26)22(15)3/h5-8,11,20H,10H2,1-4H3,(H,21,24). The van der Waals surface area contributed by atoms with E-state index in [0.717, 1.165) is 10.1 Å². The Morgan fingerprint density at radius 1 is 1.23 bits per heavy atom. The first-order valence-corrected chi connectivity index (χ1v) is 8.10. The number of aromatic nitrogens is 2. The van der Waals surface area contributed by atoms with Crippen molar-refractivity contribution in [3.63, 3.8) is 0 Å². The monoisotopic (exact) mass is 355 g/mol. The lowest BCUT2D eigenvalue weighted by atomic mass is 10.1. The lowest BCUT2D eigenvalue weighted by Crippen LogP contribution is -2.39. The summed E-state index contributed by atoms with van der Waals surface area (Å²) in [5.74, 6) is -0.0573. The van der Waals surface area contributed by atoms with Gasteiger partial charge < -0.3 is 10.6 Å². The van der Waals surface area contributed by atoms with E-state index in [2.05, 4.69) is 10.6 Å². The van der Waals surface area contributed by atoms with Gasteiger partial charge in [0.15, 0.2) is 5.56 Å². The highest BCUT2D eigenvalue weighted by Gasteiger charge is 2.15. The second kappa shape index (κ2) is 7.70. The van der Waals surface area contributed by atoms with Crippen LogP contribution in [0.2, 0.25) is 0 Å². The molecule has 8 heteroatoms. The molecule has 1 heterocycles. The fourth-order valence-electron chi connectivity index (χ4n) is 2.38. The summed E-state index contributed by atoms with van der Waals surface area (Å²) in [4.78, 5) is 35.9. The van der Waals surface area contributed by atoms with E-state index in [1.165, 1.54) is 18.7 Å². The molecule has 2 rings (SSSR count). The summed E-state index contributed by atoms with van der Waals surface area (Å²) >= 11 is 0. The molecule has 0 saturated carbocycles. The third kappa shape index (κ3) is 3.83. The molecule has 0 aliphatic rings. The molecule has 8 nitrogen and oxygen atoms in total. The van der Waals surface area contributed by atoms with Crippen LogP contribution in [0.25, 0.3) is 0 Å². The first-order chi connectivity index (χ1) is 12.3. The number of nitrogens with one attached hydrogen (secondary N) is 2. The fraction of sp³-hybridized carbons (Fsp3) is 0.333. The maximum absolute atomic E-state index is 12.1. The Balaban J connectivity index is 2.28. The Labute approximate surface area is 150 Å². The van der Waals surface area contributed by atoms with Crippen LogP contribution in [0.1, 0.15) is 25.0 Å². The van der Waals surface area contributed by atoms with Gasteiger partial charge in [0.1, 0.15) is 11.9 Å². The lowest BCUT2D eigenvalue weighted by Gasteiger charge is -2.14. The number of hydrogen-bond donors (Lipinski definition) is 2. The van der Waals surface area contributed by atoms with Crippen molar-refractivity contribution in [1.29, 1.82) is 5.26 Å². The smallest absolute Gasteiger partial charge is 0.332 e. The van der Waals surface area contributed by atoms with Crippen molar-refractivity contribution >= 4 is 17.4 Å². The van der Waals surface area contributed by atoms with Gasteiger partial charge >= 0.3 is 5.69 Å². The zero-order valence-corrected chi connectivity index (χ0v) is 15.2. The third-order valence-corrected chi connectivity index (χ3v) is 3.96. The molecule has 0 saturated heterocycles. The van der Waals surface area contributed by atoms with Crippen LogP contribution >= 0.6 is 0 Å². The average molecular weight is 355 g/mol. The van der Waals surface area contributed by atoms with Crippen LogP contribution in [0, 0.1) is 17.2 Å². The van der Waals surface area contributed by atoms with E-state index >= 15 is 0 Å². The number of carbonyl (C=O) groups is 1. The Kier molecular flexibility index (Phi) is 5.62. The number of nitriles is 1. The van der Waals surface area contributed by atoms with E-state index in [1.807, 2.05) is 12.1 Å². The SMILES string of the molecule is CC(C)C(=O)Nc1cccc(CNc2c(C#N)c(=O)n(C)c(=O)n2C)c1. The van der Waals surface area contributed by atoms with Gasteiger partial charge in [0, 0.05) is 32.2 Å². The molecular weight excluding hydrogens is 334 g/mol. The molecule has 1 aromatic carbocycles. The molecule has 1 aromatic heterocycles. The first-order valence-electron chi connectivity index (χ1n) is 8.10. The highest BCUT2D eigenvalue weighted by molar-refractivity contribution is 5.92. The largest absolute Gasteiger partial charge is 0.366 e. The van der Waals surface area contributed by atoms with Gasteiger partial charge in [-0.25, -0.2) is 4.79 Å². The van der Waals surface area contributed by atoms with Gasteiger partial charge in [-0.05, 0) is 17.7 Å². The number of benzene rings is 1. The minimum absolute atomic E-state index is 0.0872. The van der Waals surface area contributed by atoms with Crippen molar-refractivity contribution in [3.05, 3.63) is 56.2 Å². The molecule has 0 unspecified atom stereocenters. The van der Waals surface area contributed by atoms with Crippen LogP contribution in [0.4, 0.5) is 11.5 Å². The molecule has 0 aliphatic heterocycles. The average Bonchev–Trinajstić information content (AvgIpc) is 2.62. The van der Waals surface area contributed by atoms with Gasteiger partial charge in [0.05, 0.1) is 0 Å². The zero-order chi connectivity index (χ0) is 19.4. The van der Waals surface area contributed by atoms with Gasteiger partial charge in [-0.15, -0.1) is 0 Å². The summed E-state index contributed by atoms with van der Waals surface area (Å²) in [6.45, 7) is 3.89. The topological polar surface area (TPSA) is 109 Å². The van der Waals surface area contributed by atoms with Gasteiger partial charge in [-0.1, -0.05) is 26.0 Å². The van der Waals surface area contributed by atoms with E-state index in [9.17, 15) is 19.6 Å². The van der Waals surface area contributed by atoms with Gasteiger partial charge in [-0.2, -0.15) is 5.26 Å². The van der Waals surface area contributed by atoms with Crippen molar-refractivity contribution in [2.24, 2.45) is 20.0 Å². The Morgan fingerprint density at radius 2 is 1.92 bits per heavy atom. The van der Waals surface area contributed by atoms with Crippen molar-refractivity contribution in [3.8, 4) is 6.07 Å². The van der Waals surface area contributed by atoms with Crippen LogP contribution in [0.3, 0.4) is 0 Å². The van der Waals surface area contributed by atoms with E-state index in [0.29, 0.717) is 5.69 Å². The number of nitrogens with zero attached hydrogens (tertiary/aromatic N) is 3. The molecule has 2 aromatic rings. The summed E-state index contributed by atoms with van der Waals surface area (Å²) in [6.07, 6.45) is 0. The molecule has 0 spiro atoms. The van der Waals surface area contributed by atoms with Gasteiger partial charge in [0.2, 0.25) is 5.91 Å². The molecule has 0 radical (unpaired) electrons. The minimum atomic E-state index is -0.643. The Bertz CT molecular complexity index is 995. The number of anilines is 2. The summed E-state index contributed by atoms with van der Waals surface area (Å²) in [6, 6.07) is 9.04. The van der Waals surface area contributed by atoms with Crippen LogP contribution in [0.5, 0.6) is 0 Å². The molecular formula is C18H21N5O3. The summed E-state index contributed by atoms with van der Waals surface area (Å²) in [7, 11) is 2.82. The Hall–Kier alpha value is -3.34. The van der Waals surface area contributed by atoms with Crippen LogP contribution in [-0.2, 0) is 25.4 Å². The second-order valence-electron chi connectivity index (χ2n) is 6.24. The van der Waals surface area contributed by atoms with Crippen LogP contribution in [-0.4, -0.2) is 15.0 Å². The number of hydrogen-bond acceptors (Lipinski definition) is 5. The van der Waals surface area contributed by atoms with Crippen molar-refractivity contribution in [2.45, 2.75) is 20.4 Å². The predicted octanol–water partition coefficient (Wildman–Crippen LogP) is 1.16. The summed E-state index contributed by atoms with van der Waals surface area (Å²) in [5.41, 5.74) is 0.189. The quantitative estimate of drug-likeness (QED) is 0.837. The molecule has 0 fully saturated rings. The number of rotatable bonds is 5. The third-order valence-electron chi connectivity index (χ3n) is 3.96. The minimum Gasteiger partial charge on any atom is -0.366 e. The highest BCUT2D eigenvalue weighted by Crippen LogP contribution is 2.14. The van der Waals surface area contributed by atoms with E-state index in [4.69, 9.17) is 0 Å². The molecule has 0 bridgehead atoms. The summed E-state index contributed by atoms with van der Waals surface area (Å²) < 4.78 is 2.12. The van der Waals surface area contributed by atoms with Crippen molar-refractivity contribution in [1.82, 2.24) is 9.13 Å². The maximum Gasteiger partial charge on any atom is 0.332 e. The van der Waals surface area contributed by atoms with Gasteiger partial charge in [0.25, 0.3) is 5.56 Å². The Morgan fingerprint density at radius 3 is 2.54 bits per heavy atom. The summed E-state index contributed by atoms with van der Waals surface area (Å²) in [5, 5.41) is 15.1. The molecule has 1 amide bonds. The van der Waals surface area contributed by atoms with E-state index in [-0.39, 0.29) is 29.8 Å². The van der Waals surface area contributed by atoms with E-state index < -0.39 is 11.2 Å². The van der Waals surface area contributed by atoms with E-state index in [1.54, 1.807) is 32.0 Å². The molecule has 26 heavy (non-hydrogen) atoms. The highest BCUT2D eigenvalue weighted by atomic mass is 16.2. The number of carbonyl (C=O) groups excluding carboxylic acids is 1. The predicted molar refractivity (Wildman–Crippen MR) is 98.9 cm³/mol. The maximum atomic E-state index is 12.1. The first kappa shape index (κ1) is 19.0. The molecule has 0 atom stereocenters. The fourth-order valence-corrected chi connectivity index (χ4v) is 2.38. The molecule has 2 N–H and O–H groups in total. The van der Waals surface area contributed by atoms with Gasteiger partial charge in [-0.3, -0.25) is 18.7 Å². The van der Waals surface area contributed by atoms with Crippen molar-refractivity contribution in [2.75, 3.05) is 10.6 Å². The lowest BCUT2D eigenvalue weighted by molar-refractivity contribution is -0.118.